The number of hydrogen-bond donors (Lipinski definition) is 1. The monoisotopic (exact) mass is 196 g/mol. The number of ether oxygens (including phenoxy) is 1. The molecule has 1 aliphatic carbocycles. The van der Waals surface area contributed by atoms with Crippen LogP contribution in [0.3, 0.4) is 0 Å². The molecule has 1 aliphatic rings. The van der Waals surface area contributed by atoms with Crippen molar-refractivity contribution in [3.05, 3.63) is 6.33 Å². The fourth-order valence-electron chi connectivity index (χ4n) is 1.80. The predicted molar refractivity (Wildman–Crippen MR) is 51.9 cm³/mol. The molecule has 0 radical (unpaired) electrons. The van der Waals surface area contributed by atoms with Crippen molar-refractivity contribution < 1.29 is 4.74 Å². The molecule has 1 fully saturated rings. The molecule has 1 heterocycles. The number of aromatic nitrogens is 3. The summed E-state index contributed by atoms with van der Waals surface area (Å²) in [6, 6.07) is 0.473. The Hall–Kier alpha value is -1.10. The van der Waals surface area contributed by atoms with E-state index >= 15 is 0 Å². The average molecular weight is 196 g/mol. The Morgan fingerprint density at radius 2 is 2.43 bits per heavy atom. The fourth-order valence-corrected chi connectivity index (χ4v) is 1.80. The number of rotatable bonds is 4. The summed E-state index contributed by atoms with van der Waals surface area (Å²) in [7, 11) is 1.83. The van der Waals surface area contributed by atoms with Gasteiger partial charge in [-0.25, -0.2) is 0 Å². The van der Waals surface area contributed by atoms with Crippen LogP contribution in [-0.4, -0.2) is 26.9 Å². The fraction of sp³-hybridized carbons (Fsp3) is 0.778. The highest BCUT2D eigenvalue weighted by molar-refractivity contribution is 4.99. The first kappa shape index (κ1) is 9.45. The van der Waals surface area contributed by atoms with Gasteiger partial charge in [0.1, 0.15) is 11.9 Å². The molecule has 0 atom stereocenters. The lowest BCUT2D eigenvalue weighted by molar-refractivity contribution is -0.0201. The second kappa shape index (κ2) is 3.57. The van der Waals surface area contributed by atoms with E-state index in [1.807, 2.05) is 7.05 Å². The quantitative estimate of drug-likeness (QED) is 0.760. The number of hydrogen-bond acceptors (Lipinski definition) is 4. The van der Waals surface area contributed by atoms with E-state index in [0.29, 0.717) is 12.6 Å². The maximum absolute atomic E-state index is 5.78. The van der Waals surface area contributed by atoms with Crippen LogP contribution >= 0.6 is 0 Å². The lowest BCUT2D eigenvalue weighted by atomic mass is 9.77. The first-order valence-corrected chi connectivity index (χ1v) is 4.99. The molecule has 1 aromatic rings. The third kappa shape index (κ3) is 1.72. The van der Waals surface area contributed by atoms with Crippen molar-refractivity contribution in [3.8, 4) is 6.01 Å². The van der Waals surface area contributed by atoms with Crippen LogP contribution in [0.5, 0.6) is 6.01 Å². The molecular weight excluding hydrogens is 180 g/mol. The molecule has 2 N–H and O–H groups in total. The van der Waals surface area contributed by atoms with E-state index in [0.717, 1.165) is 19.3 Å². The lowest BCUT2D eigenvalue weighted by Gasteiger charge is -2.40. The van der Waals surface area contributed by atoms with E-state index in [4.69, 9.17) is 10.5 Å². The van der Waals surface area contributed by atoms with Crippen LogP contribution in [0.25, 0.3) is 0 Å². The molecule has 5 nitrogen and oxygen atoms in total. The highest BCUT2D eigenvalue weighted by Gasteiger charge is 2.39. The number of nitrogens with two attached hydrogens (primary N) is 1. The van der Waals surface area contributed by atoms with Gasteiger partial charge in [0.15, 0.2) is 0 Å². The maximum Gasteiger partial charge on any atom is 0.335 e. The first-order chi connectivity index (χ1) is 6.74. The zero-order valence-electron chi connectivity index (χ0n) is 8.44. The third-order valence-electron chi connectivity index (χ3n) is 2.75. The lowest BCUT2D eigenvalue weighted by Crippen LogP contribution is -2.45. The van der Waals surface area contributed by atoms with Gasteiger partial charge in [-0.3, -0.25) is 4.68 Å². The van der Waals surface area contributed by atoms with E-state index in [2.05, 4.69) is 10.1 Å². The second-order valence-electron chi connectivity index (χ2n) is 3.88. The summed E-state index contributed by atoms with van der Waals surface area (Å²) in [5.74, 6) is 0. The van der Waals surface area contributed by atoms with E-state index in [1.165, 1.54) is 6.42 Å². The van der Waals surface area contributed by atoms with Gasteiger partial charge in [-0.2, -0.15) is 4.98 Å². The summed E-state index contributed by atoms with van der Waals surface area (Å²) in [5, 5.41) is 4.10. The zero-order chi connectivity index (χ0) is 10.0. The van der Waals surface area contributed by atoms with E-state index in [-0.39, 0.29) is 5.60 Å². The highest BCUT2D eigenvalue weighted by atomic mass is 16.5. The Morgan fingerprint density at radius 1 is 1.64 bits per heavy atom. The van der Waals surface area contributed by atoms with E-state index in [1.54, 1.807) is 11.0 Å². The molecule has 1 saturated carbocycles. The molecule has 0 spiro atoms. The topological polar surface area (TPSA) is 66.0 Å². The van der Waals surface area contributed by atoms with Crippen molar-refractivity contribution >= 4 is 0 Å². The molecule has 14 heavy (non-hydrogen) atoms. The SMILES string of the molecule is Cn1cnc(OC2(CCN)CCC2)n1. The van der Waals surface area contributed by atoms with Crippen LogP contribution in [0.1, 0.15) is 25.7 Å². The van der Waals surface area contributed by atoms with Crippen LogP contribution in [0.15, 0.2) is 6.33 Å². The molecule has 0 aromatic carbocycles. The van der Waals surface area contributed by atoms with Gasteiger partial charge in [-0.1, -0.05) is 0 Å². The average Bonchev–Trinajstić information content (AvgIpc) is 2.48. The summed E-state index contributed by atoms with van der Waals surface area (Å²) in [6.45, 7) is 0.660. The van der Waals surface area contributed by atoms with Crippen molar-refractivity contribution in [2.75, 3.05) is 6.54 Å². The Labute approximate surface area is 83.3 Å². The van der Waals surface area contributed by atoms with Crippen LogP contribution in [0.4, 0.5) is 0 Å². The summed E-state index contributed by atoms with van der Waals surface area (Å²) < 4.78 is 7.42. The summed E-state index contributed by atoms with van der Waals surface area (Å²) in [6.07, 6.45) is 5.90. The van der Waals surface area contributed by atoms with Gasteiger partial charge in [0.2, 0.25) is 0 Å². The van der Waals surface area contributed by atoms with Gasteiger partial charge in [0.05, 0.1) is 0 Å². The third-order valence-corrected chi connectivity index (χ3v) is 2.75. The molecule has 78 valence electrons. The van der Waals surface area contributed by atoms with Gasteiger partial charge in [0, 0.05) is 7.05 Å². The highest BCUT2D eigenvalue weighted by Crippen LogP contribution is 2.37. The molecule has 0 amide bonds. The van der Waals surface area contributed by atoms with Crippen LogP contribution in [-0.2, 0) is 7.05 Å². The summed E-state index contributed by atoms with van der Waals surface area (Å²) in [4.78, 5) is 4.05. The summed E-state index contributed by atoms with van der Waals surface area (Å²) in [5.41, 5.74) is 5.48. The Balaban J connectivity index is 2.01. The predicted octanol–water partition coefficient (Wildman–Crippen LogP) is 0.465. The minimum absolute atomic E-state index is 0.0733. The first-order valence-electron chi connectivity index (χ1n) is 4.99. The Morgan fingerprint density at radius 3 is 2.86 bits per heavy atom. The van der Waals surface area contributed by atoms with Gasteiger partial charge in [-0.05, 0) is 32.2 Å². The maximum atomic E-state index is 5.78. The van der Waals surface area contributed by atoms with Gasteiger partial charge in [-0.15, -0.1) is 5.10 Å². The molecule has 1 aromatic heterocycles. The molecule has 0 unspecified atom stereocenters. The molecular formula is C9H16N4O. The van der Waals surface area contributed by atoms with E-state index in [9.17, 15) is 0 Å². The van der Waals surface area contributed by atoms with Crippen LogP contribution in [0, 0.1) is 0 Å². The zero-order valence-corrected chi connectivity index (χ0v) is 8.44. The van der Waals surface area contributed by atoms with Crippen LogP contribution < -0.4 is 10.5 Å². The standard InChI is InChI=1S/C9H16N4O/c1-13-7-11-8(12-13)14-9(5-6-10)3-2-4-9/h7H,2-6,10H2,1H3. The number of aryl methyl sites for hydroxylation is 1. The smallest absolute Gasteiger partial charge is 0.335 e. The van der Waals surface area contributed by atoms with Gasteiger partial charge in [0.25, 0.3) is 0 Å². The Bertz CT molecular complexity index is 306. The molecule has 0 bridgehead atoms. The largest absolute Gasteiger partial charge is 0.456 e. The minimum Gasteiger partial charge on any atom is -0.456 e. The Kier molecular flexibility index (Phi) is 2.41. The van der Waals surface area contributed by atoms with Crippen molar-refractivity contribution in [1.29, 1.82) is 0 Å². The van der Waals surface area contributed by atoms with Gasteiger partial charge < -0.3 is 10.5 Å². The normalized spacial score (nSPS) is 19.0. The molecule has 5 heteroatoms. The second-order valence-corrected chi connectivity index (χ2v) is 3.88. The molecule has 0 aliphatic heterocycles. The van der Waals surface area contributed by atoms with Crippen LogP contribution in [0.2, 0.25) is 0 Å². The van der Waals surface area contributed by atoms with Crippen molar-refractivity contribution in [2.45, 2.75) is 31.3 Å². The van der Waals surface area contributed by atoms with Crippen molar-refractivity contribution in [2.24, 2.45) is 12.8 Å². The number of nitrogens with zero attached hydrogens (tertiary/aromatic N) is 3. The molecule has 2 rings (SSSR count). The minimum atomic E-state index is -0.0733. The van der Waals surface area contributed by atoms with Crippen molar-refractivity contribution in [3.63, 3.8) is 0 Å². The molecule has 0 saturated heterocycles. The van der Waals surface area contributed by atoms with E-state index < -0.39 is 0 Å². The van der Waals surface area contributed by atoms with Crippen molar-refractivity contribution in [1.82, 2.24) is 14.8 Å². The summed E-state index contributed by atoms with van der Waals surface area (Å²) >= 11 is 0. The van der Waals surface area contributed by atoms with Gasteiger partial charge >= 0.3 is 6.01 Å².